The number of aromatic nitrogens is 2. The van der Waals surface area contributed by atoms with Crippen molar-refractivity contribution in [3.05, 3.63) is 40.8 Å². The second kappa shape index (κ2) is 5.16. The van der Waals surface area contributed by atoms with E-state index in [-0.39, 0.29) is 23.0 Å². The Hall–Kier alpha value is -2.63. The third-order valence-electron chi connectivity index (χ3n) is 3.03. The van der Waals surface area contributed by atoms with Gasteiger partial charge in [-0.25, -0.2) is 4.98 Å². The van der Waals surface area contributed by atoms with Gasteiger partial charge in [-0.1, -0.05) is 0 Å². The molecule has 1 amide bonds. The number of hydrogen-bond acceptors (Lipinski definition) is 4. The number of aromatic amines is 1. The number of hydrogen-bond donors (Lipinski definition) is 3. The molecule has 20 heavy (non-hydrogen) atoms. The van der Waals surface area contributed by atoms with E-state index in [1.807, 2.05) is 0 Å². The zero-order valence-corrected chi connectivity index (χ0v) is 11.4. The molecule has 6 nitrogen and oxygen atoms in total. The van der Waals surface area contributed by atoms with Gasteiger partial charge in [0.15, 0.2) is 17.4 Å². The lowest BCUT2D eigenvalue weighted by Gasteiger charge is -2.05. The molecule has 0 aliphatic carbocycles. The molecule has 2 aromatic heterocycles. The van der Waals surface area contributed by atoms with Crippen LogP contribution in [0.25, 0.3) is 0 Å². The molecule has 6 heteroatoms. The van der Waals surface area contributed by atoms with Gasteiger partial charge < -0.3 is 15.4 Å². The maximum Gasteiger partial charge on any atom is 0.273 e. The Labute approximate surface area is 115 Å². The van der Waals surface area contributed by atoms with E-state index in [9.17, 15) is 14.7 Å². The van der Waals surface area contributed by atoms with Crippen LogP contribution in [0.1, 0.15) is 39.0 Å². The Morgan fingerprint density at radius 3 is 2.60 bits per heavy atom. The molecule has 3 N–H and O–H groups in total. The number of nitrogens with one attached hydrogen (secondary N) is 2. The van der Waals surface area contributed by atoms with Crippen molar-refractivity contribution in [2.24, 2.45) is 0 Å². The predicted molar refractivity (Wildman–Crippen MR) is 74.1 cm³/mol. The Morgan fingerprint density at radius 1 is 1.35 bits per heavy atom. The van der Waals surface area contributed by atoms with Crippen molar-refractivity contribution in [1.82, 2.24) is 9.97 Å². The Bertz CT molecular complexity index is 689. The highest BCUT2D eigenvalue weighted by atomic mass is 16.3. The smallest absolute Gasteiger partial charge is 0.273 e. The second-order valence-electron chi connectivity index (χ2n) is 4.51. The van der Waals surface area contributed by atoms with Gasteiger partial charge in [-0.15, -0.1) is 0 Å². The molecule has 2 rings (SSSR count). The molecule has 0 saturated carbocycles. The van der Waals surface area contributed by atoms with Crippen molar-refractivity contribution in [1.29, 1.82) is 0 Å². The van der Waals surface area contributed by atoms with E-state index in [1.165, 1.54) is 19.2 Å². The molecular weight excluding hydrogens is 258 g/mol. The molecule has 0 unspecified atom stereocenters. The quantitative estimate of drug-likeness (QED) is 0.747. The van der Waals surface area contributed by atoms with Crippen molar-refractivity contribution in [2.75, 3.05) is 5.32 Å². The van der Waals surface area contributed by atoms with Crippen molar-refractivity contribution in [3.8, 4) is 5.75 Å². The molecule has 0 saturated heterocycles. The molecule has 0 radical (unpaired) electrons. The number of ketones is 1. The van der Waals surface area contributed by atoms with E-state index in [0.717, 1.165) is 0 Å². The number of nitrogens with zero attached hydrogens (tertiary/aromatic N) is 1. The van der Waals surface area contributed by atoms with E-state index in [4.69, 9.17) is 0 Å². The minimum atomic E-state index is -0.452. The maximum atomic E-state index is 12.2. The number of aromatic hydroxyl groups is 1. The van der Waals surface area contributed by atoms with Crippen LogP contribution in [0, 0.1) is 13.8 Å². The normalized spacial score (nSPS) is 10.3. The van der Waals surface area contributed by atoms with Gasteiger partial charge in [-0.3, -0.25) is 9.59 Å². The van der Waals surface area contributed by atoms with E-state index < -0.39 is 5.91 Å². The summed E-state index contributed by atoms with van der Waals surface area (Å²) in [4.78, 5) is 30.5. The molecule has 2 aromatic rings. The summed E-state index contributed by atoms with van der Waals surface area (Å²) in [6, 6.07) is 2.99. The largest absolute Gasteiger partial charge is 0.504 e. The van der Waals surface area contributed by atoms with Gasteiger partial charge in [-0.05, 0) is 38.5 Å². The highest BCUT2D eigenvalue weighted by molar-refractivity contribution is 6.07. The fourth-order valence-corrected chi connectivity index (χ4v) is 2.17. The van der Waals surface area contributed by atoms with E-state index in [1.54, 1.807) is 19.9 Å². The third-order valence-corrected chi connectivity index (χ3v) is 3.03. The lowest BCUT2D eigenvalue weighted by Crippen LogP contribution is -2.14. The number of anilines is 1. The number of carbonyl (C=O) groups is 2. The van der Waals surface area contributed by atoms with Crippen LogP contribution in [0.4, 0.5) is 5.82 Å². The van der Waals surface area contributed by atoms with Crippen LogP contribution >= 0.6 is 0 Å². The number of rotatable bonds is 3. The monoisotopic (exact) mass is 273 g/mol. The number of carbonyl (C=O) groups excluding carboxylic acids is 2. The molecule has 0 aromatic carbocycles. The molecule has 0 fully saturated rings. The van der Waals surface area contributed by atoms with Gasteiger partial charge in [-0.2, -0.15) is 0 Å². The van der Waals surface area contributed by atoms with Gasteiger partial charge in [0, 0.05) is 17.5 Å². The lowest BCUT2D eigenvalue weighted by atomic mass is 10.1. The van der Waals surface area contributed by atoms with Crippen LogP contribution < -0.4 is 5.32 Å². The van der Waals surface area contributed by atoms with Crippen molar-refractivity contribution >= 4 is 17.5 Å². The molecule has 2 heterocycles. The summed E-state index contributed by atoms with van der Waals surface area (Å²) < 4.78 is 0. The third kappa shape index (κ3) is 2.40. The van der Waals surface area contributed by atoms with Crippen LogP contribution in [0.2, 0.25) is 0 Å². The summed E-state index contributed by atoms with van der Waals surface area (Å²) in [7, 11) is 0. The van der Waals surface area contributed by atoms with Crippen molar-refractivity contribution in [2.45, 2.75) is 20.8 Å². The zero-order chi connectivity index (χ0) is 14.9. The first-order valence-corrected chi connectivity index (χ1v) is 6.07. The highest BCUT2D eigenvalue weighted by Crippen LogP contribution is 2.22. The summed E-state index contributed by atoms with van der Waals surface area (Å²) in [5.74, 6) is -0.592. The fraction of sp³-hybridized carbons (Fsp3) is 0.214. The number of pyridine rings is 1. The molecule has 0 atom stereocenters. The molecule has 104 valence electrons. The number of H-pyrrole nitrogens is 1. The summed E-state index contributed by atoms with van der Waals surface area (Å²) in [6.45, 7) is 4.89. The number of Topliss-reactive ketones (excluding diaryl/α,β-unsaturated/α-hetero) is 1. The van der Waals surface area contributed by atoms with Gasteiger partial charge >= 0.3 is 0 Å². The van der Waals surface area contributed by atoms with Crippen LogP contribution in [0.5, 0.6) is 5.75 Å². The van der Waals surface area contributed by atoms with E-state index in [0.29, 0.717) is 16.8 Å². The minimum absolute atomic E-state index is 0.0773. The molecule has 0 spiro atoms. The van der Waals surface area contributed by atoms with Crippen LogP contribution in [-0.4, -0.2) is 26.8 Å². The highest BCUT2D eigenvalue weighted by Gasteiger charge is 2.20. The van der Waals surface area contributed by atoms with Crippen LogP contribution in [-0.2, 0) is 0 Å². The predicted octanol–water partition coefficient (Wildman–Crippen LogP) is 2.19. The number of amides is 1. The van der Waals surface area contributed by atoms with E-state index in [2.05, 4.69) is 15.3 Å². The first-order valence-electron chi connectivity index (χ1n) is 6.07. The van der Waals surface area contributed by atoms with Crippen molar-refractivity contribution in [3.63, 3.8) is 0 Å². The Morgan fingerprint density at radius 2 is 2.05 bits per heavy atom. The Balaban J connectivity index is 2.34. The summed E-state index contributed by atoms with van der Waals surface area (Å²) in [6.07, 6.45) is 1.46. The molecular formula is C14H15N3O3. The lowest BCUT2D eigenvalue weighted by molar-refractivity contribution is 0.101. The fourth-order valence-electron chi connectivity index (χ4n) is 2.17. The SMILES string of the molecule is CC(=O)c1c(C)[nH]c(C(=O)Nc2ncccc2O)c1C. The molecule has 0 aliphatic rings. The van der Waals surface area contributed by atoms with Gasteiger partial charge in [0.2, 0.25) is 0 Å². The number of aryl methyl sites for hydroxylation is 1. The van der Waals surface area contributed by atoms with Gasteiger partial charge in [0.05, 0.1) is 0 Å². The second-order valence-corrected chi connectivity index (χ2v) is 4.51. The first-order chi connectivity index (χ1) is 9.41. The maximum absolute atomic E-state index is 12.2. The molecule has 0 aliphatic heterocycles. The average Bonchev–Trinajstić information content (AvgIpc) is 2.67. The van der Waals surface area contributed by atoms with Gasteiger partial charge in [0.25, 0.3) is 5.91 Å². The van der Waals surface area contributed by atoms with E-state index >= 15 is 0 Å². The van der Waals surface area contributed by atoms with Crippen LogP contribution in [0.3, 0.4) is 0 Å². The summed E-state index contributed by atoms with van der Waals surface area (Å²) in [5, 5.41) is 12.1. The standard InChI is InChI=1S/C14H15N3O3/c1-7-11(9(3)18)8(2)16-12(7)14(20)17-13-10(19)5-4-6-15-13/h4-6,16,19H,1-3H3,(H,15,17,20). The average molecular weight is 273 g/mol. The summed E-state index contributed by atoms with van der Waals surface area (Å²) >= 11 is 0. The van der Waals surface area contributed by atoms with Gasteiger partial charge in [0.1, 0.15) is 5.69 Å². The summed E-state index contributed by atoms with van der Waals surface area (Å²) in [5.41, 5.74) is 2.03. The van der Waals surface area contributed by atoms with Crippen molar-refractivity contribution < 1.29 is 14.7 Å². The van der Waals surface area contributed by atoms with Crippen LogP contribution in [0.15, 0.2) is 18.3 Å². The molecule has 0 bridgehead atoms. The Kier molecular flexibility index (Phi) is 3.56. The minimum Gasteiger partial charge on any atom is -0.504 e. The topological polar surface area (TPSA) is 95.1 Å². The zero-order valence-electron chi connectivity index (χ0n) is 11.4. The first kappa shape index (κ1) is 13.8.